The van der Waals surface area contributed by atoms with Crippen LogP contribution in [0.4, 0.5) is 5.69 Å². The van der Waals surface area contributed by atoms with Crippen LogP contribution in [-0.2, 0) is 10.0 Å². The Morgan fingerprint density at radius 2 is 1.87 bits per heavy atom. The van der Waals surface area contributed by atoms with E-state index in [1.807, 2.05) is 0 Å². The number of sulfonamides is 1. The highest BCUT2D eigenvalue weighted by atomic mass is 32.2. The van der Waals surface area contributed by atoms with Crippen LogP contribution in [0.2, 0.25) is 0 Å². The Hall–Kier alpha value is -2.65. The molecule has 0 radical (unpaired) electrons. The lowest BCUT2D eigenvalue weighted by Gasteiger charge is -2.38. The maximum Gasteiger partial charge on any atom is 0.242 e. The molecule has 3 rings (SSSR count). The standard InChI is InChI=1S/C21H30N6O2S/c1-17-6-4-8-20(18(17)2)26-12-14-27(15-13-26)21(22-3)24-10-11-25-30(28,29)19-7-5-9-23-16-19/h4-9,16,25H,10-15H2,1-3H3,(H,22,24). The van der Waals surface area contributed by atoms with Gasteiger partial charge in [0.15, 0.2) is 5.96 Å². The Morgan fingerprint density at radius 3 is 2.53 bits per heavy atom. The molecule has 1 saturated heterocycles. The van der Waals surface area contributed by atoms with Gasteiger partial charge in [-0.25, -0.2) is 13.1 Å². The van der Waals surface area contributed by atoms with Crippen LogP contribution in [0.3, 0.4) is 0 Å². The molecular weight excluding hydrogens is 400 g/mol. The second-order valence-electron chi connectivity index (χ2n) is 7.25. The van der Waals surface area contributed by atoms with Crippen LogP contribution in [0.25, 0.3) is 0 Å². The molecule has 8 nitrogen and oxygen atoms in total. The molecule has 0 amide bonds. The number of aryl methyl sites for hydroxylation is 1. The van der Waals surface area contributed by atoms with Crippen molar-refractivity contribution in [3.8, 4) is 0 Å². The predicted octanol–water partition coefficient (Wildman–Crippen LogP) is 1.37. The fourth-order valence-electron chi connectivity index (χ4n) is 3.52. The number of piperazine rings is 1. The van der Waals surface area contributed by atoms with Crippen LogP contribution in [0, 0.1) is 13.8 Å². The van der Waals surface area contributed by atoms with E-state index in [-0.39, 0.29) is 11.4 Å². The Kier molecular flexibility index (Phi) is 7.28. The maximum atomic E-state index is 12.2. The number of aromatic nitrogens is 1. The summed E-state index contributed by atoms with van der Waals surface area (Å²) in [4.78, 5) is 13.0. The van der Waals surface area contributed by atoms with Gasteiger partial charge in [-0.15, -0.1) is 0 Å². The summed E-state index contributed by atoms with van der Waals surface area (Å²) in [6, 6.07) is 9.56. The number of nitrogens with one attached hydrogen (secondary N) is 2. The van der Waals surface area contributed by atoms with E-state index < -0.39 is 10.0 Å². The number of hydrogen-bond acceptors (Lipinski definition) is 5. The molecule has 0 aliphatic carbocycles. The fraction of sp³-hybridized carbons (Fsp3) is 0.429. The predicted molar refractivity (Wildman–Crippen MR) is 120 cm³/mol. The average Bonchev–Trinajstić information content (AvgIpc) is 2.77. The van der Waals surface area contributed by atoms with Gasteiger partial charge in [-0.3, -0.25) is 9.98 Å². The minimum Gasteiger partial charge on any atom is -0.368 e. The lowest BCUT2D eigenvalue weighted by Crippen LogP contribution is -2.53. The minimum atomic E-state index is -3.55. The zero-order valence-corrected chi connectivity index (χ0v) is 18.6. The number of guanidine groups is 1. The molecule has 162 valence electrons. The van der Waals surface area contributed by atoms with Gasteiger partial charge in [-0.2, -0.15) is 0 Å². The quantitative estimate of drug-likeness (QED) is 0.409. The SMILES string of the molecule is CN=C(NCCNS(=O)(=O)c1cccnc1)N1CCN(c2cccc(C)c2C)CC1. The van der Waals surface area contributed by atoms with Gasteiger partial charge in [0.05, 0.1) is 0 Å². The van der Waals surface area contributed by atoms with Gasteiger partial charge in [0.1, 0.15) is 4.90 Å². The van der Waals surface area contributed by atoms with Crippen molar-refractivity contribution in [3.63, 3.8) is 0 Å². The van der Waals surface area contributed by atoms with E-state index in [0.717, 1.165) is 32.1 Å². The maximum absolute atomic E-state index is 12.2. The molecular formula is C21H30N6O2S. The zero-order chi connectivity index (χ0) is 21.6. The molecule has 2 heterocycles. The highest BCUT2D eigenvalue weighted by molar-refractivity contribution is 7.89. The number of hydrogen-bond donors (Lipinski definition) is 2. The van der Waals surface area contributed by atoms with Crippen molar-refractivity contribution in [2.75, 3.05) is 51.2 Å². The lowest BCUT2D eigenvalue weighted by molar-refractivity contribution is 0.372. The third kappa shape index (κ3) is 5.28. The number of rotatable bonds is 6. The molecule has 0 bridgehead atoms. The van der Waals surface area contributed by atoms with E-state index in [1.54, 1.807) is 19.3 Å². The molecule has 1 aromatic carbocycles. The van der Waals surface area contributed by atoms with Gasteiger partial charge in [0.25, 0.3) is 0 Å². The van der Waals surface area contributed by atoms with Crippen LogP contribution < -0.4 is 14.9 Å². The Labute approximate surface area is 179 Å². The van der Waals surface area contributed by atoms with Gasteiger partial charge in [0.2, 0.25) is 10.0 Å². The zero-order valence-electron chi connectivity index (χ0n) is 17.8. The summed E-state index contributed by atoms with van der Waals surface area (Å²) in [6.07, 6.45) is 2.88. The third-order valence-electron chi connectivity index (χ3n) is 5.35. The van der Waals surface area contributed by atoms with Gasteiger partial charge < -0.3 is 15.1 Å². The molecule has 1 aliphatic heterocycles. The van der Waals surface area contributed by atoms with Crippen molar-refractivity contribution in [2.45, 2.75) is 18.7 Å². The number of nitrogens with zero attached hydrogens (tertiary/aromatic N) is 4. The summed E-state index contributed by atoms with van der Waals surface area (Å²) in [6.45, 7) is 8.57. The first kappa shape index (κ1) is 22.0. The van der Waals surface area contributed by atoms with E-state index in [2.05, 4.69) is 61.9 Å². The van der Waals surface area contributed by atoms with Crippen molar-refractivity contribution in [1.82, 2.24) is 19.9 Å². The fourth-order valence-corrected chi connectivity index (χ4v) is 4.51. The van der Waals surface area contributed by atoms with Crippen molar-refractivity contribution in [1.29, 1.82) is 0 Å². The van der Waals surface area contributed by atoms with Crippen molar-refractivity contribution in [3.05, 3.63) is 53.9 Å². The van der Waals surface area contributed by atoms with E-state index in [9.17, 15) is 8.42 Å². The lowest BCUT2D eigenvalue weighted by atomic mass is 10.1. The smallest absolute Gasteiger partial charge is 0.242 e. The molecule has 0 unspecified atom stereocenters. The number of benzene rings is 1. The van der Waals surface area contributed by atoms with Crippen molar-refractivity contribution < 1.29 is 8.42 Å². The summed E-state index contributed by atoms with van der Waals surface area (Å²) >= 11 is 0. The molecule has 1 fully saturated rings. The van der Waals surface area contributed by atoms with E-state index in [1.165, 1.54) is 29.1 Å². The molecule has 0 spiro atoms. The van der Waals surface area contributed by atoms with Gasteiger partial charge in [-0.05, 0) is 43.2 Å². The van der Waals surface area contributed by atoms with E-state index in [4.69, 9.17) is 0 Å². The molecule has 9 heteroatoms. The molecule has 0 saturated carbocycles. The first-order valence-electron chi connectivity index (χ1n) is 10.1. The monoisotopic (exact) mass is 430 g/mol. The van der Waals surface area contributed by atoms with Crippen LogP contribution >= 0.6 is 0 Å². The molecule has 2 aromatic rings. The van der Waals surface area contributed by atoms with Crippen LogP contribution in [0.1, 0.15) is 11.1 Å². The number of anilines is 1. The summed E-state index contributed by atoms with van der Waals surface area (Å²) in [7, 11) is -1.80. The van der Waals surface area contributed by atoms with Gasteiger partial charge >= 0.3 is 0 Å². The van der Waals surface area contributed by atoms with Crippen molar-refractivity contribution in [2.24, 2.45) is 4.99 Å². The number of aliphatic imine (C=N–C) groups is 1. The second-order valence-corrected chi connectivity index (χ2v) is 9.02. The normalized spacial score (nSPS) is 15.4. The molecule has 30 heavy (non-hydrogen) atoms. The largest absolute Gasteiger partial charge is 0.368 e. The topological polar surface area (TPSA) is 89.9 Å². The Balaban J connectivity index is 1.48. The van der Waals surface area contributed by atoms with Crippen LogP contribution in [0.5, 0.6) is 0 Å². The molecule has 2 N–H and O–H groups in total. The molecule has 1 aromatic heterocycles. The molecule has 1 aliphatic rings. The summed E-state index contributed by atoms with van der Waals surface area (Å²) in [5.41, 5.74) is 3.93. The third-order valence-corrected chi connectivity index (χ3v) is 6.80. The Bertz CT molecular complexity index is 970. The number of pyridine rings is 1. The average molecular weight is 431 g/mol. The molecule has 0 atom stereocenters. The minimum absolute atomic E-state index is 0.164. The summed E-state index contributed by atoms with van der Waals surface area (Å²) < 4.78 is 27.1. The summed E-state index contributed by atoms with van der Waals surface area (Å²) in [5, 5.41) is 3.25. The first-order chi connectivity index (χ1) is 14.4. The second kappa shape index (κ2) is 9.90. The van der Waals surface area contributed by atoms with Crippen molar-refractivity contribution >= 4 is 21.7 Å². The Morgan fingerprint density at radius 1 is 1.10 bits per heavy atom. The van der Waals surface area contributed by atoms with E-state index >= 15 is 0 Å². The van der Waals surface area contributed by atoms with Gasteiger partial charge in [0, 0.05) is 64.4 Å². The van der Waals surface area contributed by atoms with Crippen LogP contribution in [-0.4, -0.2) is 70.6 Å². The summed E-state index contributed by atoms with van der Waals surface area (Å²) in [5.74, 6) is 0.788. The first-order valence-corrected chi connectivity index (χ1v) is 11.6. The highest BCUT2D eigenvalue weighted by Crippen LogP contribution is 2.23. The highest BCUT2D eigenvalue weighted by Gasteiger charge is 2.21. The van der Waals surface area contributed by atoms with Gasteiger partial charge in [-0.1, -0.05) is 12.1 Å². The van der Waals surface area contributed by atoms with E-state index in [0.29, 0.717) is 6.54 Å². The van der Waals surface area contributed by atoms with Crippen LogP contribution in [0.15, 0.2) is 52.6 Å².